The quantitative estimate of drug-likeness (QED) is 0.738. The minimum atomic E-state index is 0.0190. The van der Waals surface area contributed by atoms with E-state index in [0.717, 1.165) is 43.8 Å². The van der Waals surface area contributed by atoms with Crippen molar-refractivity contribution in [1.82, 2.24) is 5.32 Å². The summed E-state index contributed by atoms with van der Waals surface area (Å²) in [6.45, 7) is 8.30. The first-order chi connectivity index (χ1) is 14.1. The Morgan fingerprint density at radius 2 is 2.07 bits per heavy atom. The lowest BCUT2D eigenvalue weighted by molar-refractivity contribution is 0.191. The second-order valence-corrected chi connectivity index (χ2v) is 9.13. The van der Waals surface area contributed by atoms with Crippen molar-refractivity contribution in [2.75, 3.05) is 18.0 Å². The summed E-state index contributed by atoms with van der Waals surface area (Å²) in [4.78, 5) is 14.1. The number of amides is 1. The van der Waals surface area contributed by atoms with E-state index in [1.54, 1.807) is 0 Å². The van der Waals surface area contributed by atoms with Crippen LogP contribution < -0.4 is 15.0 Å². The molecule has 5 rings (SSSR count). The number of carbonyl (C=O) groups is 1. The highest BCUT2D eigenvalue weighted by molar-refractivity contribution is 8.14. The van der Waals surface area contributed by atoms with Crippen molar-refractivity contribution in [1.29, 1.82) is 0 Å². The number of nitrogens with zero attached hydrogens (tertiary/aromatic N) is 1. The number of hydrogen-bond acceptors (Lipinski definition) is 4. The lowest BCUT2D eigenvalue weighted by atomic mass is 9.95. The first kappa shape index (κ1) is 18.6. The molecule has 1 N–H and O–H groups in total. The summed E-state index contributed by atoms with van der Waals surface area (Å²) in [6, 6.07) is 15.1. The predicted molar refractivity (Wildman–Crippen MR) is 119 cm³/mol. The number of aryl methyl sites for hydroxylation is 1. The van der Waals surface area contributed by atoms with Crippen LogP contribution in [0.5, 0.6) is 5.75 Å². The first-order valence-electron chi connectivity index (χ1n) is 10.4. The smallest absolute Gasteiger partial charge is 0.283 e. The molecule has 0 saturated carbocycles. The second kappa shape index (κ2) is 7.45. The maximum atomic E-state index is 11.7. The number of rotatable bonds is 4. The van der Waals surface area contributed by atoms with Crippen molar-refractivity contribution < 1.29 is 9.53 Å². The monoisotopic (exact) mass is 406 g/mol. The lowest BCUT2D eigenvalue weighted by Gasteiger charge is -2.35. The molecular formula is C24H26N2O2S. The molecule has 3 atom stereocenters. The Labute approximate surface area is 176 Å². The van der Waals surface area contributed by atoms with E-state index < -0.39 is 0 Å². The zero-order valence-corrected chi connectivity index (χ0v) is 17.5. The van der Waals surface area contributed by atoms with E-state index in [-0.39, 0.29) is 16.6 Å². The highest BCUT2D eigenvalue weighted by Gasteiger charge is 2.38. The Hall–Kier alpha value is -2.40. The second-order valence-electron chi connectivity index (χ2n) is 8.02. The molecule has 1 saturated heterocycles. The normalized spacial score (nSPS) is 25.6. The molecule has 2 unspecified atom stereocenters. The predicted octanol–water partition coefficient (Wildman–Crippen LogP) is 5.41. The topological polar surface area (TPSA) is 41.6 Å². The molecule has 1 amide bonds. The van der Waals surface area contributed by atoms with Gasteiger partial charge in [-0.05, 0) is 49.1 Å². The molecule has 2 aromatic carbocycles. The number of hydrogen-bond donors (Lipinski definition) is 1. The van der Waals surface area contributed by atoms with Crippen LogP contribution in [0.25, 0.3) is 0 Å². The van der Waals surface area contributed by atoms with Gasteiger partial charge in [-0.3, -0.25) is 4.79 Å². The maximum absolute atomic E-state index is 11.7. The van der Waals surface area contributed by atoms with Crippen LogP contribution in [0.4, 0.5) is 10.5 Å². The highest BCUT2D eigenvalue weighted by atomic mass is 32.2. The summed E-state index contributed by atoms with van der Waals surface area (Å²) >= 11 is 1.38. The fourth-order valence-electron chi connectivity index (χ4n) is 4.97. The molecule has 4 nitrogen and oxygen atoms in total. The number of para-hydroxylation sites is 1. The van der Waals surface area contributed by atoms with Crippen LogP contribution in [0.3, 0.4) is 0 Å². The van der Waals surface area contributed by atoms with Crippen LogP contribution >= 0.6 is 11.8 Å². The molecule has 150 valence electrons. The van der Waals surface area contributed by atoms with Gasteiger partial charge in [0.15, 0.2) is 0 Å². The van der Waals surface area contributed by atoms with E-state index in [1.165, 1.54) is 34.1 Å². The fourth-order valence-corrected chi connectivity index (χ4v) is 6.04. The van der Waals surface area contributed by atoms with E-state index in [2.05, 4.69) is 66.2 Å². The van der Waals surface area contributed by atoms with Gasteiger partial charge in [0.1, 0.15) is 11.9 Å². The maximum Gasteiger partial charge on any atom is 0.283 e. The molecule has 3 aliphatic rings. The molecule has 0 aromatic heterocycles. The van der Waals surface area contributed by atoms with Gasteiger partial charge in [0.05, 0.1) is 5.25 Å². The zero-order chi connectivity index (χ0) is 20.0. The number of fused-ring (bicyclic) bond motifs is 2. The third kappa shape index (κ3) is 3.31. The Kier molecular flexibility index (Phi) is 4.78. The van der Waals surface area contributed by atoms with Crippen LogP contribution in [0, 0.1) is 0 Å². The summed E-state index contributed by atoms with van der Waals surface area (Å²) in [5.74, 6) is 1.30. The molecule has 2 heterocycles. The largest absolute Gasteiger partial charge is 0.486 e. The third-order valence-corrected chi connectivity index (χ3v) is 7.57. The Bertz CT molecular complexity index is 973. The van der Waals surface area contributed by atoms with Gasteiger partial charge in [-0.15, -0.1) is 0 Å². The summed E-state index contributed by atoms with van der Waals surface area (Å²) in [6.07, 6.45) is 3.18. The number of anilines is 1. The molecule has 5 heteroatoms. The van der Waals surface area contributed by atoms with Gasteiger partial charge in [-0.25, -0.2) is 0 Å². The van der Waals surface area contributed by atoms with Gasteiger partial charge in [0, 0.05) is 42.4 Å². The van der Waals surface area contributed by atoms with Crippen LogP contribution in [0.2, 0.25) is 0 Å². The number of benzene rings is 2. The Balaban J connectivity index is 1.37. The molecule has 0 spiro atoms. The summed E-state index contributed by atoms with van der Waals surface area (Å²) in [5.41, 5.74) is 6.11. The standard InChI is InChI=1S/C24H26N2O2S/c1-3-26-13-12-22(20-6-4-5-7-21(20)26)28-17-9-11-18-16(14-17)8-10-19(18)23-15(2)25-24(27)29-23/h4-7,9,11,14,19,22-23H,2-3,8,10,12-13H2,1H3,(H,25,27)/t19-,22?,23?/m1/s1. The molecule has 0 radical (unpaired) electrons. The highest BCUT2D eigenvalue weighted by Crippen LogP contribution is 2.46. The van der Waals surface area contributed by atoms with E-state index >= 15 is 0 Å². The molecule has 2 aromatic rings. The molecule has 2 aliphatic heterocycles. The van der Waals surface area contributed by atoms with Crippen molar-refractivity contribution in [3.8, 4) is 5.75 Å². The van der Waals surface area contributed by atoms with Crippen molar-refractivity contribution in [3.63, 3.8) is 0 Å². The number of nitrogens with one attached hydrogen (secondary N) is 1. The van der Waals surface area contributed by atoms with Crippen molar-refractivity contribution in [3.05, 3.63) is 71.4 Å². The van der Waals surface area contributed by atoms with Gasteiger partial charge >= 0.3 is 0 Å². The Morgan fingerprint density at radius 1 is 1.21 bits per heavy atom. The SMILES string of the molecule is C=C1NC(=O)SC1[C@@H]1CCc2cc(OC3CCN(CC)c4ccccc43)ccc21. The number of thioether (sulfide) groups is 1. The minimum Gasteiger partial charge on any atom is -0.486 e. The van der Waals surface area contributed by atoms with Crippen LogP contribution in [-0.2, 0) is 6.42 Å². The number of carbonyl (C=O) groups excluding carboxylic acids is 1. The lowest BCUT2D eigenvalue weighted by Crippen LogP contribution is -2.32. The fraction of sp³-hybridized carbons (Fsp3) is 0.375. The van der Waals surface area contributed by atoms with Gasteiger partial charge in [-0.2, -0.15) is 0 Å². The summed E-state index contributed by atoms with van der Waals surface area (Å²) in [5, 5.41) is 3.02. The first-order valence-corrected chi connectivity index (χ1v) is 11.3. The van der Waals surface area contributed by atoms with Crippen molar-refractivity contribution in [2.24, 2.45) is 0 Å². The molecular weight excluding hydrogens is 380 g/mol. The van der Waals surface area contributed by atoms with Crippen LogP contribution in [0.1, 0.15) is 48.5 Å². The molecule has 1 fully saturated rings. The molecule has 0 bridgehead atoms. The summed E-state index contributed by atoms with van der Waals surface area (Å²) < 4.78 is 6.48. The zero-order valence-electron chi connectivity index (χ0n) is 16.7. The van der Waals surface area contributed by atoms with E-state index in [4.69, 9.17) is 4.74 Å². The van der Waals surface area contributed by atoms with Crippen LogP contribution in [-0.4, -0.2) is 23.6 Å². The van der Waals surface area contributed by atoms with Gasteiger partial charge in [0.2, 0.25) is 0 Å². The number of ether oxygens (including phenoxy) is 1. The van der Waals surface area contributed by atoms with Crippen molar-refractivity contribution >= 4 is 22.7 Å². The van der Waals surface area contributed by atoms with E-state index in [0.29, 0.717) is 5.92 Å². The van der Waals surface area contributed by atoms with Gasteiger partial charge in [0.25, 0.3) is 5.24 Å². The van der Waals surface area contributed by atoms with Crippen LogP contribution in [0.15, 0.2) is 54.7 Å². The molecule has 29 heavy (non-hydrogen) atoms. The van der Waals surface area contributed by atoms with E-state index in [1.807, 2.05) is 0 Å². The molecule has 1 aliphatic carbocycles. The van der Waals surface area contributed by atoms with Gasteiger partial charge in [-0.1, -0.05) is 42.6 Å². The third-order valence-electron chi connectivity index (χ3n) is 6.39. The van der Waals surface area contributed by atoms with Crippen molar-refractivity contribution in [2.45, 2.75) is 43.5 Å². The van der Waals surface area contributed by atoms with Gasteiger partial charge < -0.3 is 15.0 Å². The average Bonchev–Trinajstić information content (AvgIpc) is 3.29. The average molecular weight is 407 g/mol. The minimum absolute atomic E-state index is 0.0190. The summed E-state index contributed by atoms with van der Waals surface area (Å²) in [7, 11) is 0. The van der Waals surface area contributed by atoms with E-state index in [9.17, 15) is 4.79 Å². The Morgan fingerprint density at radius 3 is 2.86 bits per heavy atom.